The van der Waals surface area contributed by atoms with Gasteiger partial charge >= 0.3 is 5.97 Å². The summed E-state index contributed by atoms with van der Waals surface area (Å²) in [6.07, 6.45) is 1.78. The minimum absolute atomic E-state index is 0.125. The normalized spacial score (nSPS) is 15.7. The molecule has 2 aromatic rings. The van der Waals surface area contributed by atoms with Gasteiger partial charge in [0, 0.05) is 6.54 Å². The molecule has 1 aliphatic heterocycles. The molecule has 0 N–H and O–H groups in total. The van der Waals surface area contributed by atoms with Gasteiger partial charge in [0.05, 0.1) is 35.9 Å². The molecule has 0 saturated carbocycles. The van der Waals surface area contributed by atoms with E-state index in [9.17, 15) is 9.59 Å². The van der Waals surface area contributed by atoms with E-state index in [-0.39, 0.29) is 12.5 Å². The Morgan fingerprint density at radius 3 is 2.50 bits per heavy atom. The lowest BCUT2D eigenvalue weighted by molar-refractivity contribution is -0.143. The van der Waals surface area contributed by atoms with Crippen LogP contribution in [0.2, 0.25) is 0 Å². The minimum atomic E-state index is -0.503. The minimum Gasteiger partial charge on any atom is -0.497 e. The summed E-state index contributed by atoms with van der Waals surface area (Å²) in [4.78, 5) is 31.3. The second-order valence-electron chi connectivity index (χ2n) is 6.88. The zero-order valence-corrected chi connectivity index (χ0v) is 21.7. The van der Waals surface area contributed by atoms with Crippen LogP contribution in [-0.2, 0) is 14.3 Å². The molecule has 0 aliphatic carbocycles. The Bertz CT molecular complexity index is 1120. The number of amides is 1. The number of halogens is 1. The van der Waals surface area contributed by atoms with E-state index in [2.05, 4.69) is 25.7 Å². The average Bonchev–Trinajstić information content (AvgIpc) is 3.12. The van der Waals surface area contributed by atoms with E-state index in [4.69, 9.17) is 14.2 Å². The maximum Gasteiger partial charge on any atom is 0.343 e. The van der Waals surface area contributed by atoms with Gasteiger partial charge in [-0.05, 0) is 89.6 Å². The Morgan fingerprint density at radius 2 is 1.88 bits per heavy atom. The number of rotatable bonds is 9. The van der Waals surface area contributed by atoms with Crippen molar-refractivity contribution in [2.75, 3.05) is 34.0 Å². The first-order chi connectivity index (χ1) is 16.4. The summed E-state index contributed by atoms with van der Waals surface area (Å²) >= 11 is 4.78. The van der Waals surface area contributed by atoms with Crippen molar-refractivity contribution in [1.82, 2.24) is 4.90 Å². The van der Waals surface area contributed by atoms with Crippen molar-refractivity contribution >= 4 is 56.5 Å². The van der Waals surface area contributed by atoms with Crippen molar-refractivity contribution in [2.24, 2.45) is 4.99 Å². The summed E-state index contributed by atoms with van der Waals surface area (Å²) in [6.45, 7) is 4.40. The van der Waals surface area contributed by atoms with E-state index in [1.54, 1.807) is 30.2 Å². The van der Waals surface area contributed by atoms with Gasteiger partial charge in [-0.25, -0.2) is 9.79 Å². The fourth-order valence-electron chi connectivity index (χ4n) is 3.05. The van der Waals surface area contributed by atoms with Gasteiger partial charge in [-0.2, -0.15) is 0 Å². The molecule has 1 aliphatic rings. The number of benzene rings is 2. The third-order valence-corrected chi connectivity index (χ3v) is 6.29. The van der Waals surface area contributed by atoms with Gasteiger partial charge in [-0.15, -0.1) is 0 Å². The molecule has 0 atom stereocenters. The van der Waals surface area contributed by atoms with Crippen molar-refractivity contribution in [3.8, 4) is 17.2 Å². The quantitative estimate of drug-likeness (QED) is 0.320. The number of carbonyl (C=O) groups is 2. The van der Waals surface area contributed by atoms with Gasteiger partial charge in [0.1, 0.15) is 5.75 Å². The van der Waals surface area contributed by atoms with E-state index in [1.165, 1.54) is 18.9 Å². The molecule has 0 spiro atoms. The zero-order valence-electron chi connectivity index (χ0n) is 19.3. The lowest BCUT2D eigenvalue weighted by atomic mass is 10.2. The Morgan fingerprint density at radius 1 is 1.15 bits per heavy atom. The largest absolute Gasteiger partial charge is 0.497 e. The zero-order chi connectivity index (χ0) is 24.7. The number of methoxy groups -OCH3 is 2. The third-order valence-electron chi connectivity index (χ3n) is 4.69. The number of amidine groups is 1. The van der Waals surface area contributed by atoms with E-state index in [0.717, 1.165) is 17.0 Å². The fraction of sp³-hybridized carbons (Fsp3) is 0.292. The van der Waals surface area contributed by atoms with Crippen LogP contribution in [0.15, 0.2) is 50.8 Å². The van der Waals surface area contributed by atoms with Gasteiger partial charge in [0.25, 0.3) is 5.91 Å². The predicted molar refractivity (Wildman–Crippen MR) is 136 cm³/mol. The molecule has 1 saturated heterocycles. The Balaban J connectivity index is 1.90. The molecule has 1 heterocycles. The van der Waals surface area contributed by atoms with Crippen molar-refractivity contribution in [2.45, 2.75) is 13.8 Å². The van der Waals surface area contributed by atoms with Crippen LogP contribution in [0.1, 0.15) is 19.4 Å². The summed E-state index contributed by atoms with van der Waals surface area (Å²) in [6, 6.07) is 10.9. The number of hydrogen-bond donors (Lipinski definition) is 0. The second kappa shape index (κ2) is 11.9. The Kier molecular flexibility index (Phi) is 9.00. The molecule has 180 valence electrons. The van der Waals surface area contributed by atoms with Crippen molar-refractivity contribution < 1.29 is 28.5 Å². The van der Waals surface area contributed by atoms with Crippen LogP contribution in [0, 0.1) is 0 Å². The van der Waals surface area contributed by atoms with Crippen LogP contribution in [-0.4, -0.2) is 55.9 Å². The first-order valence-corrected chi connectivity index (χ1v) is 12.1. The molecule has 1 fully saturated rings. The summed E-state index contributed by atoms with van der Waals surface area (Å²) in [7, 11) is 2.90. The molecule has 10 heteroatoms. The number of ether oxygens (including phenoxy) is 4. The van der Waals surface area contributed by atoms with Crippen LogP contribution in [0.3, 0.4) is 0 Å². The Hall–Kier alpha value is -2.98. The molecule has 0 unspecified atom stereocenters. The molecular weight excluding hydrogens is 524 g/mol. The predicted octanol–water partition coefficient (Wildman–Crippen LogP) is 5.03. The lowest BCUT2D eigenvalue weighted by Crippen LogP contribution is -2.28. The smallest absolute Gasteiger partial charge is 0.343 e. The van der Waals surface area contributed by atoms with Crippen LogP contribution < -0.4 is 14.2 Å². The highest BCUT2D eigenvalue weighted by Gasteiger charge is 2.32. The van der Waals surface area contributed by atoms with E-state index in [1.807, 2.05) is 38.1 Å². The van der Waals surface area contributed by atoms with E-state index < -0.39 is 5.97 Å². The molecule has 0 bridgehead atoms. The van der Waals surface area contributed by atoms with E-state index >= 15 is 0 Å². The topological polar surface area (TPSA) is 86.7 Å². The average molecular weight is 549 g/mol. The van der Waals surface area contributed by atoms with Gasteiger partial charge in [-0.1, -0.05) is 0 Å². The highest BCUT2D eigenvalue weighted by Crippen LogP contribution is 2.39. The molecule has 3 rings (SSSR count). The number of likely N-dealkylation sites (N-methyl/N-ethyl adjacent to an activating group) is 1. The number of carbonyl (C=O) groups excluding carboxylic acids is 2. The first kappa shape index (κ1) is 25.6. The number of nitrogens with zero attached hydrogens (tertiary/aromatic N) is 2. The van der Waals surface area contributed by atoms with E-state index in [0.29, 0.717) is 39.2 Å². The van der Waals surface area contributed by atoms with Crippen molar-refractivity contribution in [1.29, 1.82) is 0 Å². The Labute approximate surface area is 211 Å². The highest BCUT2D eigenvalue weighted by molar-refractivity contribution is 9.10. The summed E-state index contributed by atoms with van der Waals surface area (Å²) in [5.41, 5.74) is 1.46. The summed E-state index contributed by atoms with van der Waals surface area (Å²) in [5, 5.41) is 0.603. The molecule has 2 aromatic carbocycles. The monoisotopic (exact) mass is 548 g/mol. The third kappa shape index (κ3) is 6.12. The fourth-order valence-corrected chi connectivity index (χ4v) is 4.69. The van der Waals surface area contributed by atoms with Gasteiger partial charge < -0.3 is 18.9 Å². The van der Waals surface area contributed by atoms with Crippen LogP contribution in [0.5, 0.6) is 17.2 Å². The molecule has 8 nitrogen and oxygen atoms in total. The second-order valence-corrected chi connectivity index (χ2v) is 8.74. The van der Waals surface area contributed by atoms with Gasteiger partial charge in [0.15, 0.2) is 23.3 Å². The molecule has 1 amide bonds. The number of hydrogen-bond acceptors (Lipinski definition) is 8. The number of esters is 1. The van der Waals surface area contributed by atoms with Crippen molar-refractivity contribution in [3.63, 3.8) is 0 Å². The summed E-state index contributed by atoms with van der Waals surface area (Å²) < 4.78 is 21.7. The maximum absolute atomic E-state index is 13.0. The van der Waals surface area contributed by atoms with Gasteiger partial charge in [0.2, 0.25) is 0 Å². The van der Waals surface area contributed by atoms with Crippen LogP contribution in [0.4, 0.5) is 5.69 Å². The SMILES string of the molecule is CCOc1cc(/C=C2/SC(=Nc3ccc(OC)cc3)N(CC)C2=O)cc(Br)c1OCC(=O)OC. The van der Waals surface area contributed by atoms with Gasteiger partial charge in [-0.3, -0.25) is 9.69 Å². The highest BCUT2D eigenvalue weighted by atomic mass is 79.9. The van der Waals surface area contributed by atoms with Crippen LogP contribution in [0.25, 0.3) is 6.08 Å². The molecule has 0 radical (unpaired) electrons. The van der Waals surface area contributed by atoms with Crippen molar-refractivity contribution in [3.05, 3.63) is 51.3 Å². The lowest BCUT2D eigenvalue weighted by Gasteiger charge is -2.14. The summed E-state index contributed by atoms with van der Waals surface area (Å²) in [5.74, 6) is 0.942. The molecular formula is C24H25BrN2O6S. The standard InChI is InChI=1S/C24H25BrN2O6S/c1-5-27-23(29)20(34-24(27)26-16-7-9-17(30-3)10-8-16)13-15-11-18(25)22(19(12-15)32-6-2)33-14-21(28)31-4/h7-13H,5-6,14H2,1-4H3/b20-13+,26-24?. The molecule has 0 aromatic heterocycles. The first-order valence-electron chi connectivity index (χ1n) is 10.5. The maximum atomic E-state index is 13.0. The number of aliphatic imine (C=N–C) groups is 1. The van der Waals surface area contributed by atoms with Crippen LogP contribution >= 0.6 is 27.7 Å². The molecule has 34 heavy (non-hydrogen) atoms. The number of thioether (sulfide) groups is 1.